The van der Waals surface area contributed by atoms with Crippen LogP contribution in [-0.2, 0) is 0 Å². The minimum absolute atomic E-state index is 0.0263. The SMILES string of the molecule is CCCCCCCC(O)CCCC. The highest BCUT2D eigenvalue weighted by atomic mass is 16.3. The molecule has 0 fully saturated rings. The minimum atomic E-state index is -0.0263. The molecule has 0 aliphatic carbocycles. The Balaban J connectivity index is 3.03. The third-order valence-electron chi connectivity index (χ3n) is 2.53. The summed E-state index contributed by atoms with van der Waals surface area (Å²) in [4.78, 5) is 0. The first-order valence-electron chi connectivity index (χ1n) is 5.99. The van der Waals surface area contributed by atoms with E-state index in [2.05, 4.69) is 13.8 Å². The fourth-order valence-corrected chi connectivity index (χ4v) is 1.57. The second kappa shape index (κ2) is 10.0. The molecule has 1 nitrogen and oxygen atoms in total. The molecule has 0 aromatic carbocycles. The topological polar surface area (TPSA) is 20.2 Å². The molecule has 1 heteroatoms. The van der Waals surface area contributed by atoms with Gasteiger partial charge < -0.3 is 5.11 Å². The standard InChI is InChI=1S/C12H26O/c1-3-5-7-8-9-11-12(13)10-6-4-2/h12-13H,3-11H2,1-2H3. The summed E-state index contributed by atoms with van der Waals surface area (Å²) in [5, 5.41) is 9.54. The molecule has 0 bridgehead atoms. The molecule has 13 heavy (non-hydrogen) atoms. The molecule has 1 N–H and O–H groups in total. The highest BCUT2D eigenvalue weighted by Crippen LogP contribution is 2.10. The van der Waals surface area contributed by atoms with Crippen LogP contribution >= 0.6 is 0 Å². The quantitative estimate of drug-likeness (QED) is 0.541. The first kappa shape index (κ1) is 13.0. The highest BCUT2D eigenvalue weighted by molar-refractivity contribution is 4.55. The molecule has 1 atom stereocenters. The Morgan fingerprint density at radius 3 is 1.92 bits per heavy atom. The van der Waals surface area contributed by atoms with Crippen molar-refractivity contribution < 1.29 is 5.11 Å². The van der Waals surface area contributed by atoms with Gasteiger partial charge in [0.25, 0.3) is 0 Å². The molecule has 0 spiro atoms. The monoisotopic (exact) mass is 186 g/mol. The Morgan fingerprint density at radius 2 is 1.31 bits per heavy atom. The van der Waals surface area contributed by atoms with E-state index in [1.54, 1.807) is 0 Å². The van der Waals surface area contributed by atoms with Gasteiger partial charge in [-0.05, 0) is 12.8 Å². The van der Waals surface area contributed by atoms with E-state index in [0.717, 1.165) is 12.8 Å². The lowest BCUT2D eigenvalue weighted by atomic mass is 10.0. The van der Waals surface area contributed by atoms with Gasteiger partial charge in [-0.25, -0.2) is 0 Å². The van der Waals surface area contributed by atoms with Crippen LogP contribution in [0.15, 0.2) is 0 Å². The largest absolute Gasteiger partial charge is 0.393 e. The number of aliphatic hydroxyl groups excluding tert-OH is 1. The molecule has 0 aliphatic heterocycles. The van der Waals surface area contributed by atoms with Crippen molar-refractivity contribution in [1.29, 1.82) is 0 Å². The summed E-state index contributed by atoms with van der Waals surface area (Å²) in [5.41, 5.74) is 0. The van der Waals surface area contributed by atoms with Gasteiger partial charge >= 0.3 is 0 Å². The van der Waals surface area contributed by atoms with Crippen molar-refractivity contribution in [3.05, 3.63) is 0 Å². The van der Waals surface area contributed by atoms with Crippen molar-refractivity contribution >= 4 is 0 Å². The van der Waals surface area contributed by atoms with E-state index in [4.69, 9.17) is 0 Å². The van der Waals surface area contributed by atoms with E-state index < -0.39 is 0 Å². The highest BCUT2D eigenvalue weighted by Gasteiger charge is 2.01. The zero-order chi connectivity index (χ0) is 9.94. The number of aliphatic hydroxyl groups is 1. The third-order valence-corrected chi connectivity index (χ3v) is 2.53. The lowest BCUT2D eigenvalue weighted by Crippen LogP contribution is -2.05. The molecule has 0 aromatic rings. The van der Waals surface area contributed by atoms with Crippen molar-refractivity contribution in [2.24, 2.45) is 0 Å². The zero-order valence-corrected chi connectivity index (χ0v) is 9.39. The summed E-state index contributed by atoms with van der Waals surface area (Å²) in [6.07, 6.45) is 10.9. The number of hydrogen-bond acceptors (Lipinski definition) is 1. The molecular formula is C12H26O. The van der Waals surface area contributed by atoms with Crippen molar-refractivity contribution in [2.75, 3.05) is 0 Å². The zero-order valence-electron chi connectivity index (χ0n) is 9.39. The molecular weight excluding hydrogens is 160 g/mol. The van der Waals surface area contributed by atoms with Crippen molar-refractivity contribution in [1.82, 2.24) is 0 Å². The molecule has 0 saturated heterocycles. The summed E-state index contributed by atoms with van der Waals surface area (Å²) in [7, 11) is 0. The average molecular weight is 186 g/mol. The van der Waals surface area contributed by atoms with Gasteiger partial charge in [0.1, 0.15) is 0 Å². The van der Waals surface area contributed by atoms with Crippen LogP contribution in [0.3, 0.4) is 0 Å². The number of unbranched alkanes of at least 4 members (excludes halogenated alkanes) is 5. The molecule has 80 valence electrons. The van der Waals surface area contributed by atoms with Crippen LogP contribution in [0.2, 0.25) is 0 Å². The predicted octanol–water partition coefficient (Wildman–Crippen LogP) is 3.90. The molecule has 0 radical (unpaired) electrons. The van der Waals surface area contributed by atoms with Gasteiger partial charge in [-0.2, -0.15) is 0 Å². The fraction of sp³-hybridized carbons (Fsp3) is 1.00. The van der Waals surface area contributed by atoms with Crippen LogP contribution in [0.25, 0.3) is 0 Å². The Kier molecular flexibility index (Phi) is 10.0. The second-order valence-corrected chi connectivity index (χ2v) is 4.00. The van der Waals surface area contributed by atoms with Gasteiger partial charge in [0.15, 0.2) is 0 Å². The summed E-state index contributed by atoms with van der Waals surface area (Å²) in [6, 6.07) is 0. The van der Waals surface area contributed by atoms with Crippen molar-refractivity contribution in [3.63, 3.8) is 0 Å². The molecule has 0 rings (SSSR count). The predicted molar refractivity (Wildman–Crippen MR) is 58.9 cm³/mol. The molecule has 0 aromatic heterocycles. The first-order chi connectivity index (χ1) is 6.31. The van der Waals surface area contributed by atoms with E-state index in [9.17, 15) is 5.11 Å². The van der Waals surface area contributed by atoms with Crippen LogP contribution in [0, 0.1) is 0 Å². The molecule has 0 aliphatic rings. The van der Waals surface area contributed by atoms with Crippen LogP contribution < -0.4 is 0 Å². The maximum atomic E-state index is 9.54. The van der Waals surface area contributed by atoms with E-state index in [0.29, 0.717) is 0 Å². The number of hydrogen-bond donors (Lipinski definition) is 1. The smallest absolute Gasteiger partial charge is 0.0540 e. The summed E-state index contributed by atoms with van der Waals surface area (Å²) in [5.74, 6) is 0. The van der Waals surface area contributed by atoms with Gasteiger partial charge in [0.05, 0.1) is 6.10 Å². The molecule has 0 amide bonds. The van der Waals surface area contributed by atoms with Gasteiger partial charge in [-0.15, -0.1) is 0 Å². The van der Waals surface area contributed by atoms with Crippen molar-refractivity contribution in [3.8, 4) is 0 Å². The van der Waals surface area contributed by atoms with Crippen LogP contribution in [0.4, 0.5) is 0 Å². The van der Waals surface area contributed by atoms with E-state index >= 15 is 0 Å². The van der Waals surface area contributed by atoms with Crippen LogP contribution in [0.5, 0.6) is 0 Å². The lowest BCUT2D eigenvalue weighted by Gasteiger charge is -2.08. The summed E-state index contributed by atoms with van der Waals surface area (Å²) in [6.45, 7) is 4.41. The Bertz CT molecular complexity index is 91.1. The normalized spacial score (nSPS) is 13.2. The van der Waals surface area contributed by atoms with E-state index in [1.165, 1.54) is 44.9 Å². The molecule has 0 heterocycles. The minimum Gasteiger partial charge on any atom is -0.393 e. The summed E-state index contributed by atoms with van der Waals surface area (Å²) < 4.78 is 0. The average Bonchev–Trinajstić information content (AvgIpc) is 2.14. The van der Waals surface area contributed by atoms with Gasteiger partial charge in [-0.1, -0.05) is 58.8 Å². The van der Waals surface area contributed by atoms with Gasteiger partial charge in [-0.3, -0.25) is 0 Å². The Morgan fingerprint density at radius 1 is 0.769 bits per heavy atom. The number of rotatable bonds is 9. The molecule has 1 unspecified atom stereocenters. The Hall–Kier alpha value is -0.0400. The Labute approximate surface area is 83.5 Å². The van der Waals surface area contributed by atoms with Crippen molar-refractivity contribution in [2.45, 2.75) is 77.7 Å². The van der Waals surface area contributed by atoms with Crippen LogP contribution in [-0.4, -0.2) is 11.2 Å². The lowest BCUT2D eigenvalue weighted by molar-refractivity contribution is 0.148. The fourth-order valence-electron chi connectivity index (χ4n) is 1.57. The third kappa shape index (κ3) is 9.88. The molecule has 0 saturated carbocycles. The van der Waals surface area contributed by atoms with Gasteiger partial charge in [0.2, 0.25) is 0 Å². The maximum absolute atomic E-state index is 9.54. The maximum Gasteiger partial charge on any atom is 0.0540 e. The van der Waals surface area contributed by atoms with Gasteiger partial charge in [0, 0.05) is 0 Å². The van der Waals surface area contributed by atoms with Crippen LogP contribution in [0.1, 0.15) is 71.6 Å². The first-order valence-corrected chi connectivity index (χ1v) is 5.99. The van der Waals surface area contributed by atoms with E-state index in [1.807, 2.05) is 0 Å². The summed E-state index contributed by atoms with van der Waals surface area (Å²) >= 11 is 0. The van der Waals surface area contributed by atoms with E-state index in [-0.39, 0.29) is 6.10 Å². The second-order valence-electron chi connectivity index (χ2n) is 4.00.